The van der Waals surface area contributed by atoms with E-state index in [1.807, 2.05) is 17.6 Å². The van der Waals surface area contributed by atoms with Crippen molar-refractivity contribution < 1.29 is 5.11 Å². The monoisotopic (exact) mass is 209 g/mol. The minimum atomic E-state index is 0.123. The van der Waals surface area contributed by atoms with Crippen LogP contribution in [-0.2, 0) is 13.0 Å². The normalized spacial score (nSPS) is 10.6. The highest BCUT2D eigenvalue weighted by molar-refractivity contribution is 7.09. The summed E-state index contributed by atoms with van der Waals surface area (Å²) in [5, 5.41) is 18.7. The molecular formula is C9H11N3OS. The predicted octanol–water partition coefficient (Wildman–Crippen LogP) is 0.923. The molecule has 0 bridgehead atoms. The lowest BCUT2D eigenvalue weighted by molar-refractivity contribution is 0.298. The molecule has 0 aliphatic carbocycles. The predicted molar refractivity (Wildman–Crippen MR) is 54.2 cm³/mol. The molecule has 2 rings (SSSR count). The summed E-state index contributed by atoms with van der Waals surface area (Å²) in [6.45, 7) is 0.883. The number of thiophene rings is 1. The van der Waals surface area contributed by atoms with E-state index in [9.17, 15) is 0 Å². The molecule has 0 saturated carbocycles. The highest BCUT2D eigenvalue weighted by Crippen LogP contribution is 2.09. The van der Waals surface area contributed by atoms with Crippen molar-refractivity contribution in [3.8, 4) is 0 Å². The summed E-state index contributed by atoms with van der Waals surface area (Å²) in [6, 6.07) is 4.09. The van der Waals surface area contributed by atoms with Crippen LogP contribution in [0.25, 0.3) is 0 Å². The Kier molecular flexibility index (Phi) is 2.90. The minimum absolute atomic E-state index is 0.123. The molecule has 2 heterocycles. The van der Waals surface area contributed by atoms with E-state index in [1.54, 1.807) is 16.0 Å². The third kappa shape index (κ3) is 2.18. The van der Waals surface area contributed by atoms with Gasteiger partial charge in [-0.05, 0) is 11.4 Å². The van der Waals surface area contributed by atoms with Gasteiger partial charge in [-0.2, -0.15) is 0 Å². The summed E-state index contributed by atoms with van der Waals surface area (Å²) in [6.07, 6.45) is 2.44. The molecule has 0 unspecified atom stereocenters. The van der Waals surface area contributed by atoms with Crippen molar-refractivity contribution in [3.63, 3.8) is 0 Å². The van der Waals surface area contributed by atoms with Crippen LogP contribution in [0, 0.1) is 0 Å². The summed E-state index contributed by atoms with van der Waals surface area (Å²) in [4.78, 5) is 1.26. The number of aliphatic hydroxyl groups excluding tert-OH is 1. The first-order valence-corrected chi connectivity index (χ1v) is 5.28. The standard InChI is InChI=1S/C9H11N3OS/c13-4-3-8-6-12(11-10-8)7-9-2-1-5-14-9/h1-2,5-6,13H,3-4,7H2. The minimum Gasteiger partial charge on any atom is -0.396 e. The van der Waals surface area contributed by atoms with Crippen molar-refractivity contribution >= 4 is 11.3 Å². The zero-order valence-electron chi connectivity index (χ0n) is 7.63. The smallest absolute Gasteiger partial charge is 0.0850 e. The second kappa shape index (κ2) is 4.34. The molecule has 0 aliphatic rings. The Morgan fingerprint density at radius 3 is 3.14 bits per heavy atom. The molecule has 5 heteroatoms. The Labute approximate surface area is 85.8 Å². The van der Waals surface area contributed by atoms with E-state index in [4.69, 9.17) is 5.11 Å². The molecule has 14 heavy (non-hydrogen) atoms. The zero-order chi connectivity index (χ0) is 9.80. The average molecular weight is 209 g/mol. The summed E-state index contributed by atoms with van der Waals surface area (Å²) in [5.74, 6) is 0. The first kappa shape index (κ1) is 9.36. The lowest BCUT2D eigenvalue weighted by atomic mass is 10.3. The maximum absolute atomic E-state index is 8.71. The van der Waals surface area contributed by atoms with Crippen molar-refractivity contribution in [2.75, 3.05) is 6.61 Å². The lowest BCUT2D eigenvalue weighted by Crippen LogP contribution is -1.98. The Hall–Kier alpha value is -1.20. The van der Waals surface area contributed by atoms with Gasteiger partial charge >= 0.3 is 0 Å². The molecule has 0 fully saturated rings. The molecule has 4 nitrogen and oxygen atoms in total. The van der Waals surface area contributed by atoms with Gasteiger partial charge < -0.3 is 5.11 Å². The first-order chi connectivity index (χ1) is 6.88. The summed E-state index contributed by atoms with van der Waals surface area (Å²) < 4.78 is 1.79. The molecule has 0 aliphatic heterocycles. The molecule has 0 saturated heterocycles. The fourth-order valence-electron chi connectivity index (χ4n) is 1.21. The fraction of sp³-hybridized carbons (Fsp3) is 0.333. The Morgan fingerprint density at radius 2 is 2.43 bits per heavy atom. The van der Waals surface area contributed by atoms with Crippen LogP contribution in [0.3, 0.4) is 0 Å². The van der Waals surface area contributed by atoms with Gasteiger partial charge in [0.15, 0.2) is 0 Å². The molecule has 0 aromatic carbocycles. The molecule has 2 aromatic rings. The van der Waals surface area contributed by atoms with Gasteiger partial charge in [-0.3, -0.25) is 0 Å². The lowest BCUT2D eigenvalue weighted by Gasteiger charge is -1.94. The van der Waals surface area contributed by atoms with Crippen molar-refractivity contribution in [1.82, 2.24) is 15.0 Å². The quantitative estimate of drug-likeness (QED) is 0.814. The Balaban J connectivity index is 2.03. The second-order valence-corrected chi connectivity index (χ2v) is 3.99. The number of hydrogen-bond donors (Lipinski definition) is 1. The van der Waals surface area contributed by atoms with Gasteiger partial charge in [0.05, 0.1) is 12.2 Å². The van der Waals surface area contributed by atoms with E-state index in [2.05, 4.69) is 16.4 Å². The molecule has 0 amide bonds. The summed E-state index contributed by atoms with van der Waals surface area (Å²) >= 11 is 1.70. The number of aliphatic hydroxyl groups is 1. The van der Waals surface area contributed by atoms with Gasteiger partial charge in [0.25, 0.3) is 0 Å². The molecule has 0 spiro atoms. The highest BCUT2D eigenvalue weighted by atomic mass is 32.1. The van der Waals surface area contributed by atoms with Crippen LogP contribution in [0.2, 0.25) is 0 Å². The molecule has 1 N–H and O–H groups in total. The van der Waals surface area contributed by atoms with E-state index < -0.39 is 0 Å². The van der Waals surface area contributed by atoms with E-state index in [-0.39, 0.29) is 6.61 Å². The van der Waals surface area contributed by atoms with Crippen LogP contribution in [0.1, 0.15) is 10.6 Å². The third-order valence-electron chi connectivity index (χ3n) is 1.85. The maximum atomic E-state index is 8.71. The van der Waals surface area contributed by atoms with Crippen molar-refractivity contribution in [2.45, 2.75) is 13.0 Å². The van der Waals surface area contributed by atoms with Gasteiger partial charge in [-0.25, -0.2) is 4.68 Å². The topological polar surface area (TPSA) is 50.9 Å². The third-order valence-corrected chi connectivity index (χ3v) is 2.71. The van der Waals surface area contributed by atoms with Crippen LogP contribution in [0.5, 0.6) is 0 Å². The second-order valence-electron chi connectivity index (χ2n) is 2.96. The maximum Gasteiger partial charge on any atom is 0.0850 e. The van der Waals surface area contributed by atoms with Crippen LogP contribution < -0.4 is 0 Å². The van der Waals surface area contributed by atoms with Crippen molar-refractivity contribution in [2.24, 2.45) is 0 Å². The SMILES string of the molecule is OCCc1cn(Cc2cccs2)nn1. The number of rotatable bonds is 4. The van der Waals surface area contributed by atoms with Crippen molar-refractivity contribution in [3.05, 3.63) is 34.3 Å². The van der Waals surface area contributed by atoms with Crippen molar-refractivity contribution in [1.29, 1.82) is 0 Å². The summed E-state index contributed by atoms with van der Waals surface area (Å²) in [7, 11) is 0. The zero-order valence-corrected chi connectivity index (χ0v) is 8.44. The largest absolute Gasteiger partial charge is 0.396 e. The molecule has 0 radical (unpaired) electrons. The number of aromatic nitrogens is 3. The highest BCUT2D eigenvalue weighted by Gasteiger charge is 2.01. The molecule has 74 valence electrons. The van der Waals surface area contributed by atoms with Crippen LogP contribution in [0.15, 0.2) is 23.7 Å². The Bertz CT molecular complexity index is 382. The molecular weight excluding hydrogens is 198 g/mol. The van der Waals surface area contributed by atoms with E-state index in [1.165, 1.54) is 4.88 Å². The van der Waals surface area contributed by atoms with Crippen LogP contribution in [0.4, 0.5) is 0 Å². The number of nitrogens with zero attached hydrogens (tertiary/aromatic N) is 3. The molecule has 0 atom stereocenters. The Morgan fingerprint density at radius 1 is 1.50 bits per heavy atom. The van der Waals surface area contributed by atoms with E-state index in [0.29, 0.717) is 6.42 Å². The van der Waals surface area contributed by atoms with E-state index in [0.717, 1.165) is 12.2 Å². The number of hydrogen-bond acceptors (Lipinski definition) is 4. The van der Waals surface area contributed by atoms with Gasteiger partial charge in [-0.15, -0.1) is 16.4 Å². The molecule has 2 aromatic heterocycles. The van der Waals surface area contributed by atoms with E-state index >= 15 is 0 Å². The summed E-state index contributed by atoms with van der Waals surface area (Å²) in [5.41, 5.74) is 0.837. The average Bonchev–Trinajstić information content (AvgIpc) is 2.79. The first-order valence-electron chi connectivity index (χ1n) is 4.41. The van der Waals surface area contributed by atoms with Gasteiger partial charge in [0.2, 0.25) is 0 Å². The van der Waals surface area contributed by atoms with Gasteiger partial charge in [0, 0.05) is 24.1 Å². The van der Waals surface area contributed by atoms with Crippen LogP contribution >= 0.6 is 11.3 Å². The van der Waals surface area contributed by atoms with Gasteiger partial charge in [-0.1, -0.05) is 11.3 Å². The van der Waals surface area contributed by atoms with Gasteiger partial charge in [0.1, 0.15) is 0 Å². The fourth-order valence-corrected chi connectivity index (χ4v) is 1.90. The van der Waals surface area contributed by atoms with Crippen LogP contribution in [-0.4, -0.2) is 26.7 Å².